The van der Waals surface area contributed by atoms with E-state index < -0.39 is 0 Å². The first-order valence-corrected chi connectivity index (χ1v) is 12.0. The number of nitrogens with zero attached hydrogens (tertiary/aromatic N) is 4. The van der Waals surface area contributed by atoms with Crippen LogP contribution in [0, 0.1) is 0 Å². The Morgan fingerprint density at radius 3 is 2.56 bits per heavy atom. The standard InChI is InChI=1S/C26H34N6/c1-31(2)23-13-8-20-18-28-26(30-25(20)24(23)19-6-3-4-7-19)29-21-9-11-22(12-10-21)32-16-5-14-27-15-17-32/h8-13,18-19,27H,3-7,14-17H2,1-2H3,(H,28,29,30). The fourth-order valence-corrected chi connectivity index (χ4v) is 5.16. The molecule has 32 heavy (non-hydrogen) atoms. The fraction of sp³-hybridized carbons (Fsp3) is 0.462. The number of hydrogen-bond acceptors (Lipinski definition) is 6. The lowest BCUT2D eigenvalue weighted by atomic mass is 9.93. The molecule has 168 valence electrons. The lowest BCUT2D eigenvalue weighted by molar-refractivity contribution is 0.724. The van der Waals surface area contributed by atoms with Gasteiger partial charge in [0, 0.05) is 67.9 Å². The minimum absolute atomic E-state index is 0.584. The van der Waals surface area contributed by atoms with E-state index in [1.54, 1.807) is 0 Å². The highest BCUT2D eigenvalue weighted by Crippen LogP contribution is 2.42. The molecule has 0 spiro atoms. The van der Waals surface area contributed by atoms with E-state index in [0.717, 1.165) is 42.8 Å². The van der Waals surface area contributed by atoms with Crippen LogP contribution in [0.3, 0.4) is 0 Å². The van der Waals surface area contributed by atoms with Gasteiger partial charge in [0.05, 0.1) is 5.52 Å². The van der Waals surface area contributed by atoms with Crippen LogP contribution in [0.25, 0.3) is 10.9 Å². The molecular formula is C26H34N6. The van der Waals surface area contributed by atoms with Crippen molar-refractivity contribution in [1.82, 2.24) is 15.3 Å². The molecule has 0 unspecified atom stereocenters. The summed E-state index contributed by atoms with van der Waals surface area (Å²) in [5, 5.41) is 8.02. The van der Waals surface area contributed by atoms with E-state index in [9.17, 15) is 0 Å². The molecule has 5 rings (SSSR count). The number of nitrogens with one attached hydrogen (secondary N) is 2. The Morgan fingerprint density at radius 2 is 1.78 bits per heavy atom. The van der Waals surface area contributed by atoms with Gasteiger partial charge in [-0.25, -0.2) is 9.97 Å². The Morgan fingerprint density at radius 1 is 0.969 bits per heavy atom. The van der Waals surface area contributed by atoms with Gasteiger partial charge in [0.2, 0.25) is 5.95 Å². The molecule has 2 N–H and O–H groups in total. The largest absolute Gasteiger partial charge is 0.377 e. The van der Waals surface area contributed by atoms with E-state index in [0.29, 0.717) is 11.9 Å². The second kappa shape index (κ2) is 9.33. The summed E-state index contributed by atoms with van der Waals surface area (Å²) in [5.41, 5.74) is 6.06. The minimum Gasteiger partial charge on any atom is -0.377 e. The maximum Gasteiger partial charge on any atom is 0.227 e. The molecule has 2 aliphatic rings. The molecule has 0 radical (unpaired) electrons. The summed E-state index contributed by atoms with van der Waals surface area (Å²) in [6.07, 6.45) is 8.26. The van der Waals surface area contributed by atoms with Crippen molar-refractivity contribution in [3.63, 3.8) is 0 Å². The average molecular weight is 431 g/mol. The Balaban J connectivity index is 1.42. The summed E-state index contributed by atoms with van der Waals surface area (Å²) in [6, 6.07) is 13.0. The van der Waals surface area contributed by atoms with Crippen LogP contribution in [0.4, 0.5) is 23.0 Å². The second-order valence-electron chi connectivity index (χ2n) is 9.27. The molecule has 1 saturated heterocycles. The average Bonchev–Trinajstić information content (AvgIpc) is 3.20. The van der Waals surface area contributed by atoms with Gasteiger partial charge in [-0.3, -0.25) is 0 Å². The molecule has 2 aromatic carbocycles. The van der Waals surface area contributed by atoms with Crippen LogP contribution in [-0.4, -0.2) is 50.2 Å². The zero-order valence-corrected chi connectivity index (χ0v) is 19.3. The van der Waals surface area contributed by atoms with Gasteiger partial charge < -0.3 is 20.4 Å². The van der Waals surface area contributed by atoms with Crippen molar-refractivity contribution in [3.05, 3.63) is 48.2 Å². The van der Waals surface area contributed by atoms with Crippen molar-refractivity contribution in [2.24, 2.45) is 0 Å². The van der Waals surface area contributed by atoms with Gasteiger partial charge in [0.25, 0.3) is 0 Å². The molecule has 0 amide bonds. The molecular weight excluding hydrogens is 396 g/mol. The number of fused-ring (bicyclic) bond motifs is 1. The normalized spacial score (nSPS) is 17.5. The van der Waals surface area contributed by atoms with E-state index in [2.05, 4.69) is 75.9 Å². The van der Waals surface area contributed by atoms with Crippen molar-refractivity contribution in [2.75, 3.05) is 55.4 Å². The summed E-state index contributed by atoms with van der Waals surface area (Å²) in [7, 11) is 4.25. The molecule has 6 heteroatoms. The van der Waals surface area contributed by atoms with Gasteiger partial charge in [-0.15, -0.1) is 0 Å². The summed E-state index contributed by atoms with van der Waals surface area (Å²) < 4.78 is 0. The number of aromatic nitrogens is 2. The Kier molecular flexibility index (Phi) is 6.12. The lowest BCUT2D eigenvalue weighted by Gasteiger charge is -2.23. The molecule has 1 aliphatic heterocycles. The van der Waals surface area contributed by atoms with Crippen molar-refractivity contribution >= 4 is 33.9 Å². The highest BCUT2D eigenvalue weighted by atomic mass is 15.2. The summed E-state index contributed by atoms with van der Waals surface area (Å²) >= 11 is 0. The van der Waals surface area contributed by atoms with Gasteiger partial charge in [0.15, 0.2) is 0 Å². The number of rotatable bonds is 5. The molecule has 1 aliphatic carbocycles. The van der Waals surface area contributed by atoms with Crippen LogP contribution in [0.5, 0.6) is 0 Å². The third kappa shape index (κ3) is 4.37. The van der Waals surface area contributed by atoms with Crippen molar-refractivity contribution in [3.8, 4) is 0 Å². The molecule has 0 atom stereocenters. The minimum atomic E-state index is 0.584. The molecule has 2 fully saturated rings. The van der Waals surface area contributed by atoms with E-state index in [4.69, 9.17) is 4.98 Å². The van der Waals surface area contributed by atoms with E-state index in [1.165, 1.54) is 49.0 Å². The Labute approximate surface area is 191 Å². The third-order valence-corrected chi connectivity index (χ3v) is 6.84. The lowest BCUT2D eigenvalue weighted by Crippen LogP contribution is -2.27. The van der Waals surface area contributed by atoms with Crippen molar-refractivity contribution in [1.29, 1.82) is 0 Å². The summed E-state index contributed by atoms with van der Waals surface area (Å²) in [5.74, 6) is 1.25. The molecule has 2 heterocycles. The van der Waals surface area contributed by atoms with Gasteiger partial charge >= 0.3 is 0 Å². The highest BCUT2D eigenvalue weighted by Gasteiger charge is 2.24. The number of benzene rings is 2. The third-order valence-electron chi connectivity index (χ3n) is 6.84. The second-order valence-corrected chi connectivity index (χ2v) is 9.27. The van der Waals surface area contributed by atoms with Gasteiger partial charge in [-0.05, 0) is 68.1 Å². The van der Waals surface area contributed by atoms with Gasteiger partial charge in [-0.1, -0.05) is 12.8 Å². The Hall–Kier alpha value is -2.86. The summed E-state index contributed by atoms with van der Waals surface area (Å²) in [4.78, 5) is 14.3. The van der Waals surface area contributed by atoms with E-state index >= 15 is 0 Å². The summed E-state index contributed by atoms with van der Waals surface area (Å²) in [6.45, 7) is 4.31. The predicted octanol–water partition coefficient (Wildman–Crippen LogP) is 4.90. The maximum absolute atomic E-state index is 5.02. The zero-order chi connectivity index (χ0) is 21.9. The molecule has 3 aromatic rings. The highest BCUT2D eigenvalue weighted by molar-refractivity contribution is 5.88. The molecule has 1 saturated carbocycles. The predicted molar refractivity (Wildman–Crippen MR) is 134 cm³/mol. The zero-order valence-electron chi connectivity index (χ0n) is 19.3. The fourth-order valence-electron chi connectivity index (χ4n) is 5.16. The molecule has 6 nitrogen and oxygen atoms in total. The van der Waals surface area contributed by atoms with Crippen LogP contribution in [0.2, 0.25) is 0 Å². The number of anilines is 4. The van der Waals surface area contributed by atoms with Gasteiger partial charge in [0.1, 0.15) is 0 Å². The van der Waals surface area contributed by atoms with Crippen LogP contribution in [0.1, 0.15) is 43.6 Å². The van der Waals surface area contributed by atoms with Gasteiger partial charge in [-0.2, -0.15) is 0 Å². The SMILES string of the molecule is CN(C)c1ccc2cnc(Nc3ccc(N4CCCNCC4)cc3)nc2c1C1CCCC1. The van der Waals surface area contributed by atoms with Crippen molar-refractivity contribution in [2.45, 2.75) is 38.0 Å². The topological polar surface area (TPSA) is 56.3 Å². The quantitative estimate of drug-likeness (QED) is 0.601. The first kappa shape index (κ1) is 21.0. The first-order valence-electron chi connectivity index (χ1n) is 12.0. The van der Waals surface area contributed by atoms with Crippen molar-refractivity contribution < 1.29 is 0 Å². The first-order chi connectivity index (χ1) is 15.7. The number of hydrogen-bond donors (Lipinski definition) is 2. The van der Waals surface area contributed by atoms with Crippen LogP contribution < -0.4 is 20.4 Å². The van der Waals surface area contributed by atoms with Crippen LogP contribution >= 0.6 is 0 Å². The van der Waals surface area contributed by atoms with E-state index in [-0.39, 0.29) is 0 Å². The molecule has 0 bridgehead atoms. The molecule has 1 aromatic heterocycles. The smallest absolute Gasteiger partial charge is 0.227 e. The van der Waals surface area contributed by atoms with Crippen LogP contribution in [-0.2, 0) is 0 Å². The Bertz CT molecular complexity index is 1050. The van der Waals surface area contributed by atoms with Crippen LogP contribution in [0.15, 0.2) is 42.6 Å². The monoisotopic (exact) mass is 430 g/mol. The van der Waals surface area contributed by atoms with E-state index in [1.807, 2.05) is 6.20 Å². The maximum atomic E-state index is 5.02.